The summed E-state index contributed by atoms with van der Waals surface area (Å²) in [4.78, 5) is 11.2. The molecule has 0 saturated heterocycles. The van der Waals surface area contributed by atoms with Crippen molar-refractivity contribution in [1.29, 1.82) is 5.26 Å². The van der Waals surface area contributed by atoms with Crippen LogP contribution in [0.5, 0.6) is 5.75 Å². The van der Waals surface area contributed by atoms with Gasteiger partial charge in [0, 0.05) is 11.3 Å². The first-order chi connectivity index (χ1) is 8.71. The molecule has 0 aromatic heterocycles. The third-order valence-electron chi connectivity index (χ3n) is 2.19. The standard InChI is InChI=1S/C13H15NO3S/c1-3-17-13(15)9-18-8-11-6-10(7-14)4-5-12(11)16-2/h4-6H,3,8-9H2,1-2H3. The van der Waals surface area contributed by atoms with Crippen LogP contribution in [0, 0.1) is 11.3 Å². The second-order valence-electron chi connectivity index (χ2n) is 3.44. The van der Waals surface area contributed by atoms with Gasteiger partial charge in [-0.05, 0) is 25.1 Å². The average molecular weight is 265 g/mol. The summed E-state index contributed by atoms with van der Waals surface area (Å²) >= 11 is 1.44. The monoisotopic (exact) mass is 265 g/mol. The Bertz CT molecular complexity index is 454. The van der Waals surface area contributed by atoms with Gasteiger partial charge in [0.05, 0.1) is 31.1 Å². The summed E-state index contributed by atoms with van der Waals surface area (Å²) in [5, 5.41) is 8.84. The Balaban J connectivity index is 2.60. The summed E-state index contributed by atoms with van der Waals surface area (Å²) in [5.74, 6) is 1.41. The quantitative estimate of drug-likeness (QED) is 0.739. The van der Waals surface area contributed by atoms with Crippen LogP contribution in [0.3, 0.4) is 0 Å². The molecule has 0 fully saturated rings. The zero-order valence-corrected chi connectivity index (χ0v) is 11.3. The minimum absolute atomic E-state index is 0.224. The van der Waals surface area contributed by atoms with E-state index in [1.165, 1.54) is 11.8 Å². The molecule has 0 radical (unpaired) electrons. The molecule has 0 heterocycles. The lowest BCUT2D eigenvalue weighted by Gasteiger charge is -2.08. The summed E-state index contributed by atoms with van der Waals surface area (Å²) in [5.41, 5.74) is 1.49. The first-order valence-electron chi connectivity index (χ1n) is 5.51. The van der Waals surface area contributed by atoms with Crippen molar-refractivity contribution in [2.24, 2.45) is 0 Å². The van der Waals surface area contributed by atoms with E-state index in [-0.39, 0.29) is 5.97 Å². The Morgan fingerprint density at radius 2 is 2.28 bits per heavy atom. The van der Waals surface area contributed by atoms with Gasteiger partial charge in [-0.1, -0.05) is 0 Å². The van der Waals surface area contributed by atoms with Gasteiger partial charge in [-0.3, -0.25) is 4.79 Å². The van der Waals surface area contributed by atoms with Crippen molar-refractivity contribution >= 4 is 17.7 Å². The normalized spacial score (nSPS) is 9.61. The lowest BCUT2D eigenvalue weighted by molar-refractivity contribution is -0.139. The number of methoxy groups -OCH3 is 1. The van der Waals surface area contributed by atoms with Gasteiger partial charge in [0.15, 0.2) is 0 Å². The molecule has 0 aliphatic carbocycles. The molecule has 5 heteroatoms. The molecule has 0 bridgehead atoms. The number of nitrogens with zero attached hydrogens (tertiary/aromatic N) is 1. The van der Waals surface area contributed by atoms with Gasteiger partial charge in [-0.15, -0.1) is 11.8 Å². The highest BCUT2D eigenvalue weighted by Crippen LogP contribution is 2.24. The smallest absolute Gasteiger partial charge is 0.315 e. The first kappa shape index (κ1) is 14.4. The van der Waals surface area contributed by atoms with Gasteiger partial charge in [0.1, 0.15) is 5.75 Å². The van der Waals surface area contributed by atoms with Crippen LogP contribution in [0.15, 0.2) is 18.2 Å². The minimum Gasteiger partial charge on any atom is -0.496 e. The van der Waals surface area contributed by atoms with Crippen LogP contribution in [0.25, 0.3) is 0 Å². The number of nitriles is 1. The molecule has 0 saturated carbocycles. The molecular weight excluding hydrogens is 250 g/mol. The number of thioether (sulfide) groups is 1. The van der Waals surface area contributed by atoms with Crippen molar-refractivity contribution < 1.29 is 14.3 Å². The Morgan fingerprint density at radius 3 is 2.89 bits per heavy atom. The van der Waals surface area contributed by atoms with Gasteiger partial charge in [-0.25, -0.2) is 0 Å². The molecule has 0 unspecified atom stereocenters. The second kappa shape index (κ2) is 7.62. The maximum Gasteiger partial charge on any atom is 0.315 e. The summed E-state index contributed by atoms with van der Waals surface area (Å²) in [6.45, 7) is 2.18. The number of ether oxygens (including phenoxy) is 2. The summed E-state index contributed by atoms with van der Waals surface area (Å²) in [7, 11) is 1.58. The van der Waals surface area contributed by atoms with Crippen molar-refractivity contribution in [3.05, 3.63) is 29.3 Å². The SMILES string of the molecule is CCOC(=O)CSCc1cc(C#N)ccc1OC. The number of carbonyl (C=O) groups excluding carboxylic acids is 1. The third kappa shape index (κ3) is 4.30. The van der Waals surface area contributed by atoms with Gasteiger partial charge in [-0.2, -0.15) is 5.26 Å². The maximum absolute atomic E-state index is 11.2. The fourth-order valence-corrected chi connectivity index (χ4v) is 2.21. The van der Waals surface area contributed by atoms with E-state index in [1.807, 2.05) is 0 Å². The molecule has 0 aliphatic rings. The van der Waals surface area contributed by atoms with E-state index in [2.05, 4.69) is 6.07 Å². The molecule has 0 spiro atoms. The van der Waals surface area contributed by atoms with E-state index in [1.54, 1.807) is 32.2 Å². The maximum atomic E-state index is 11.2. The van der Waals surface area contributed by atoms with E-state index >= 15 is 0 Å². The molecule has 0 atom stereocenters. The van der Waals surface area contributed by atoms with Crippen LogP contribution in [-0.4, -0.2) is 25.4 Å². The van der Waals surface area contributed by atoms with Crippen molar-refractivity contribution in [3.63, 3.8) is 0 Å². The highest BCUT2D eigenvalue weighted by atomic mass is 32.2. The molecular formula is C13H15NO3S. The predicted molar refractivity (Wildman–Crippen MR) is 70.5 cm³/mol. The Morgan fingerprint density at radius 1 is 1.50 bits per heavy atom. The summed E-state index contributed by atoms with van der Waals surface area (Å²) in [6.07, 6.45) is 0. The number of hydrogen-bond donors (Lipinski definition) is 0. The molecule has 96 valence electrons. The zero-order valence-electron chi connectivity index (χ0n) is 10.4. The van der Waals surface area contributed by atoms with Crippen molar-refractivity contribution in [1.82, 2.24) is 0 Å². The Hall–Kier alpha value is -1.67. The Kier molecular flexibility index (Phi) is 6.09. The van der Waals surface area contributed by atoms with E-state index in [9.17, 15) is 4.79 Å². The topological polar surface area (TPSA) is 59.3 Å². The molecule has 1 aromatic rings. The number of carbonyl (C=O) groups is 1. The number of benzene rings is 1. The summed E-state index contributed by atoms with van der Waals surface area (Å²) in [6, 6.07) is 7.33. The molecule has 4 nitrogen and oxygen atoms in total. The Labute approximate surface area is 111 Å². The van der Waals surface area contributed by atoms with Crippen LogP contribution >= 0.6 is 11.8 Å². The molecule has 0 amide bonds. The largest absolute Gasteiger partial charge is 0.496 e. The number of esters is 1. The van der Waals surface area contributed by atoms with Crippen molar-refractivity contribution in [2.45, 2.75) is 12.7 Å². The predicted octanol–water partition coefficient (Wildman–Crippen LogP) is 2.36. The van der Waals surface area contributed by atoms with Gasteiger partial charge >= 0.3 is 5.97 Å². The van der Waals surface area contributed by atoms with Crippen LogP contribution in [0.4, 0.5) is 0 Å². The number of rotatable bonds is 6. The first-order valence-corrected chi connectivity index (χ1v) is 6.67. The highest BCUT2D eigenvalue weighted by Gasteiger charge is 2.07. The van der Waals surface area contributed by atoms with Crippen molar-refractivity contribution in [2.75, 3.05) is 19.5 Å². The fraction of sp³-hybridized carbons (Fsp3) is 0.385. The lowest BCUT2D eigenvalue weighted by atomic mass is 10.1. The summed E-state index contributed by atoms with van der Waals surface area (Å²) < 4.78 is 10.0. The molecule has 1 rings (SSSR count). The second-order valence-corrected chi connectivity index (χ2v) is 4.42. The highest BCUT2D eigenvalue weighted by molar-refractivity contribution is 7.99. The molecule has 18 heavy (non-hydrogen) atoms. The van der Waals surface area contributed by atoms with Crippen LogP contribution < -0.4 is 4.74 Å². The van der Waals surface area contributed by atoms with E-state index in [4.69, 9.17) is 14.7 Å². The molecule has 0 aliphatic heterocycles. The van der Waals surface area contributed by atoms with Gasteiger partial charge < -0.3 is 9.47 Å². The molecule has 0 N–H and O–H groups in total. The number of hydrogen-bond acceptors (Lipinski definition) is 5. The van der Waals surface area contributed by atoms with E-state index in [0.717, 1.165) is 11.3 Å². The average Bonchev–Trinajstić information content (AvgIpc) is 2.39. The molecule has 1 aromatic carbocycles. The fourth-order valence-electron chi connectivity index (χ4n) is 1.41. The van der Waals surface area contributed by atoms with Crippen LogP contribution in [-0.2, 0) is 15.3 Å². The third-order valence-corrected chi connectivity index (χ3v) is 3.15. The lowest BCUT2D eigenvalue weighted by Crippen LogP contribution is -2.06. The van der Waals surface area contributed by atoms with Gasteiger partial charge in [0.25, 0.3) is 0 Å². The van der Waals surface area contributed by atoms with Crippen LogP contribution in [0.2, 0.25) is 0 Å². The van der Waals surface area contributed by atoms with E-state index in [0.29, 0.717) is 23.7 Å². The minimum atomic E-state index is -0.224. The van der Waals surface area contributed by atoms with Crippen LogP contribution in [0.1, 0.15) is 18.1 Å². The van der Waals surface area contributed by atoms with Crippen molar-refractivity contribution in [3.8, 4) is 11.8 Å². The van der Waals surface area contributed by atoms with Gasteiger partial charge in [0.2, 0.25) is 0 Å². The zero-order chi connectivity index (χ0) is 13.4. The van der Waals surface area contributed by atoms with E-state index < -0.39 is 0 Å².